The average Bonchev–Trinajstić information content (AvgIpc) is 2.67. The fourth-order valence-electron chi connectivity index (χ4n) is 3.23. The van der Waals surface area contributed by atoms with E-state index in [2.05, 4.69) is 4.90 Å². The van der Waals surface area contributed by atoms with Gasteiger partial charge in [0, 0.05) is 18.1 Å². The minimum atomic E-state index is 0.743. The summed E-state index contributed by atoms with van der Waals surface area (Å²) in [4.78, 5) is 12.1. The second-order valence-electron chi connectivity index (χ2n) is 6.32. The van der Waals surface area contributed by atoms with Crippen LogP contribution < -0.4 is 4.90 Å². The summed E-state index contributed by atoms with van der Waals surface area (Å²) in [5.74, 6) is 0.974. The highest BCUT2D eigenvalue weighted by molar-refractivity contribution is 6.32. The van der Waals surface area contributed by atoms with Gasteiger partial charge in [0.2, 0.25) is 0 Å². The number of benzene rings is 2. The first-order valence-electron chi connectivity index (χ1n) is 8.75. The second kappa shape index (κ2) is 7.24. The van der Waals surface area contributed by atoms with Crippen molar-refractivity contribution < 1.29 is 0 Å². The summed E-state index contributed by atoms with van der Waals surface area (Å²) < 4.78 is 0. The number of para-hydroxylation sites is 2. The van der Waals surface area contributed by atoms with Gasteiger partial charge in [0.05, 0.1) is 11.0 Å². The number of aromatic nitrogens is 2. The van der Waals surface area contributed by atoms with Gasteiger partial charge in [-0.15, -0.1) is 0 Å². The third-order valence-corrected chi connectivity index (χ3v) is 4.90. The van der Waals surface area contributed by atoms with Crippen molar-refractivity contribution in [1.82, 2.24) is 9.97 Å². The Morgan fingerprint density at radius 3 is 2.24 bits per heavy atom. The number of hydrogen-bond acceptors (Lipinski definition) is 3. The molecular weight excluding hydrogens is 330 g/mol. The van der Waals surface area contributed by atoms with Crippen LogP contribution in [-0.2, 0) is 0 Å². The van der Waals surface area contributed by atoms with Crippen molar-refractivity contribution in [3.05, 3.63) is 64.8 Å². The highest BCUT2D eigenvalue weighted by Gasteiger charge is 2.17. The Bertz CT molecular complexity index is 914. The van der Waals surface area contributed by atoms with Gasteiger partial charge in [-0.05, 0) is 49.1 Å². The van der Waals surface area contributed by atoms with Gasteiger partial charge in [-0.2, -0.15) is 0 Å². The summed E-state index contributed by atoms with van der Waals surface area (Å²) in [7, 11) is 0. The van der Waals surface area contributed by atoms with Crippen molar-refractivity contribution >= 4 is 40.6 Å². The molecule has 1 fully saturated rings. The van der Waals surface area contributed by atoms with E-state index in [4.69, 9.17) is 21.6 Å². The number of hydrogen-bond donors (Lipinski definition) is 0. The summed E-state index contributed by atoms with van der Waals surface area (Å²) in [6.07, 6.45) is 7.77. The smallest absolute Gasteiger partial charge is 0.155 e. The molecule has 1 aliphatic heterocycles. The van der Waals surface area contributed by atoms with Gasteiger partial charge >= 0.3 is 0 Å². The molecule has 4 rings (SSSR count). The second-order valence-corrected chi connectivity index (χ2v) is 6.73. The molecule has 1 saturated heterocycles. The van der Waals surface area contributed by atoms with E-state index in [1.54, 1.807) is 0 Å². The van der Waals surface area contributed by atoms with Crippen LogP contribution in [0.4, 0.5) is 5.82 Å². The molecule has 1 aliphatic rings. The number of rotatable bonds is 3. The molecule has 0 radical (unpaired) electrons. The zero-order chi connectivity index (χ0) is 17.1. The molecule has 4 heteroatoms. The normalized spacial score (nSPS) is 15.2. The van der Waals surface area contributed by atoms with Crippen LogP contribution in [-0.4, -0.2) is 23.1 Å². The predicted molar refractivity (Wildman–Crippen MR) is 106 cm³/mol. The maximum absolute atomic E-state index is 6.28. The Morgan fingerprint density at radius 1 is 0.800 bits per heavy atom. The number of nitrogens with zero attached hydrogens (tertiary/aromatic N) is 3. The molecule has 0 aliphatic carbocycles. The number of halogens is 1. The van der Waals surface area contributed by atoms with E-state index in [9.17, 15) is 0 Å². The highest BCUT2D eigenvalue weighted by atomic mass is 35.5. The Kier molecular flexibility index (Phi) is 4.66. The summed E-state index contributed by atoms with van der Waals surface area (Å²) >= 11 is 6.28. The van der Waals surface area contributed by atoms with Crippen LogP contribution in [0.15, 0.2) is 48.5 Å². The molecule has 1 aromatic heterocycles. The van der Waals surface area contributed by atoms with Crippen molar-refractivity contribution in [3.8, 4) is 0 Å². The molecule has 0 unspecified atom stereocenters. The van der Waals surface area contributed by atoms with E-state index in [0.29, 0.717) is 0 Å². The third-order valence-electron chi connectivity index (χ3n) is 4.56. The minimum absolute atomic E-state index is 0.743. The molecule has 3 nitrogen and oxygen atoms in total. The molecule has 25 heavy (non-hydrogen) atoms. The Balaban J connectivity index is 1.78. The van der Waals surface area contributed by atoms with Gasteiger partial charge in [-0.1, -0.05) is 48.0 Å². The van der Waals surface area contributed by atoms with Gasteiger partial charge in [0.1, 0.15) is 5.69 Å². The number of anilines is 1. The summed E-state index contributed by atoms with van der Waals surface area (Å²) in [6.45, 7) is 2.08. The molecule has 0 saturated carbocycles. The molecule has 2 heterocycles. The molecule has 0 amide bonds. The first-order valence-corrected chi connectivity index (χ1v) is 9.13. The van der Waals surface area contributed by atoms with Crippen LogP contribution in [0.2, 0.25) is 5.02 Å². The van der Waals surface area contributed by atoms with Crippen LogP contribution in [0.5, 0.6) is 0 Å². The van der Waals surface area contributed by atoms with Crippen LogP contribution >= 0.6 is 11.6 Å². The SMILES string of the molecule is Clc1ccccc1/C=C/c1nc2ccccc2nc1N1CCCCC1. The molecule has 0 atom stereocenters. The van der Waals surface area contributed by atoms with Crippen LogP contribution in [0.1, 0.15) is 30.5 Å². The van der Waals surface area contributed by atoms with E-state index in [0.717, 1.165) is 46.2 Å². The summed E-state index contributed by atoms with van der Waals surface area (Å²) in [6, 6.07) is 15.9. The molecular formula is C21H20ClN3. The Hall–Kier alpha value is -2.39. The van der Waals surface area contributed by atoms with Crippen LogP contribution in [0.3, 0.4) is 0 Å². The molecule has 3 aromatic rings. The highest BCUT2D eigenvalue weighted by Crippen LogP contribution is 2.26. The maximum atomic E-state index is 6.28. The van der Waals surface area contributed by atoms with Crippen LogP contribution in [0, 0.1) is 0 Å². The predicted octanol–water partition coefficient (Wildman–Crippen LogP) is 5.44. The number of fused-ring (bicyclic) bond motifs is 1. The fraction of sp³-hybridized carbons (Fsp3) is 0.238. The number of piperidine rings is 1. The quantitative estimate of drug-likeness (QED) is 0.630. The molecule has 0 N–H and O–H groups in total. The molecule has 126 valence electrons. The third kappa shape index (κ3) is 3.52. The standard InChI is InChI=1S/C21H20ClN3/c22-17-9-3-2-8-16(17)12-13-20-21(25-14-6-1-7-15-25)24-19-11-5-4-10-18(19)23-20/h2-5,8-13H,1,6-7,14-15H2/b13-12+. The van der Waals surface area contributed by atoms with E-state index in [1.165, 1.54) is 19.3 Å². The Labute approximate surface area is 153 Å². The largest absolute Gasteiger partial charge is 0.355 e. The average molecular weight is 350 g/mol. The van der Waals surface area contributed by atoms with E-state index >= 15 is 0 Å². The topological polar surface area (TPSA) is 29.0 Å². The van der Waals surface area contributed by atoms with Crippen molar-refractivity contribution in [2.45, 2.75) is 19.3 Å². The Morgan fingerprint density at radius 2 is 1.48 bits per heavy atom. The lowest BCUT2D eigenvalue weighted by atomic mass is 10.1. The monoisotopic (exact) mass is 349 g/mol. The van der Waals surface area contributed by atoms with Crippen molar-refractivity contribution in [2.75, 3.05) is 18.0 Å². The molecule has 0 bridgehead atoms. The fourth-order valence-corrected chi connectivity index (χ4v) is 3.43. The zero-order valence-electron chi connectivity index (χ0n) is 14.0. The zero-order valence-corrected chi connectivity index (χ0v) is 14.8. The first kappa shape index (κ1) is 16.1. The summed E-state index contributed by atoms with van der Waals surface area (Å²) in [5.41, 5.74) is 3.75. The lowest BCUT2D eigenvalue weighted by Crippen LogP contribution is -2.31. The lowest BCUT2D eigenvalue weighted by molar-refractivity contribution is 0.573. The van der Waals surface area contributed by atoms with Gasteiger partial charge in [-0.25, -0.2) is 9.97 Å². The summed E-state index contributed by atoms with van der Waals surface area (Å²) in [5, 5.41) is 0.743. The van der Waals surface area contributed by atoms with Gasteiger partial charge in [0.25, 0.3) is 0 Å². The van der Waals surface area contributed by atoms with Crippen molar-refractivity contribution in [3.63, 3.8) is 0 Å². The van der Waals surface area contributed by atoms with Crippen molar-refractivity contribution in [1.29, 1.82) is 0 Å². The maximum Gasteiger partial charge on any atom is 0.155 e. The minimum Gasteiger partial charge on any atom is -0.355 e. The molecule has 2 aromatic carbocycles. The van der Waals surface area contributed by atoms with Gasteiger partial charge in [-0.3, -0.25) is 0 Å². The first-order chi connectivity index (χ1) is 12.3. The van der Waals surface area contributed by atoms with E-state index in [1.807, 2.05) is 60.7 Å². The van der Waals surface area contributed by atoms with Gasteiger partial charge in [0.15, 0.2) is 5.82 Å². The molecule has 0 spiro atoms. The van der Waals surface area contributed by atoms with Crippen molar-refractivity contribution in [2.24, 2.45) is 0 Å². The van der Waals surface area contributed by atoms with Gasteiger partial charge < -0.3 is 4.90 Å². The van der Waals surface area contributed by atoms with Crippen LogP contribution in [0.25, 0.3) is 23.2 Å². The van der Waals surface area contributed by atoms with E-state index in [-0.39, 0.29) is 0 Å². The lowest BCUT2D eigenvalue weighted by Gasteiger charge is -2.28. The van der Waals surface area contributed by atoms with E-state index < -0.39 is 0 Å².